The maximum absolute atomic E-state index is 12.7. The van der Waals surface area contributed by atoms with Crippen LogP contribution in [0.25, 0.3) is 0 Å². The third-order valence-corrected chi connectivity index (χ3v) is 4.57. The Morgan fingerprint density at radius 2 is 1.83 bits per heavy atom. The van der Waals surface area contributed by atoms with Crippen molar-refractivity contribution in [3.63, 3.8) is 0 Å². The second-order valence-corrected chi connectivity index (χ2v) is 7.10. The lowest BCUT2D eigenvalue weighted by atomic mass is 10.1. The van der Waals surface area contributed by atoms with Crippen molar-refractivity contribution in [1.29, 1.82) is 0 Å². The number of aromatic nitrogens is 1. The number of amides is 2. The maximum Gasteiger partial charge on any atom is 0.325 e. The number of rotatable bonds is 5. The first-order chi connectivity index (χ1) is 10.7. The number of hydrogen-bond acceptors (Lipinski definition) is 3. The Hall–Kier alpha value is -1.62. The van der Waals surface area contributed by atoms with Gasteiger partial charge in [-0.1, -0.05) is 0 Å². The molecule has 0 radical (unpaired) electrons. The molecular weight excluding hydrogens is 288 g/mol. The number of urea groups is 1. The Kier molecular flexibility index (Phi) is 5.30. The third kappa shape index (κ3) is 3.66. The molecule has 128 valence electrons. The van der Waals surface area contributed by atoms with E-state index in [2.05, 4.69) is 50.6 Å². The first-order valence-electron chi connectivity index (χ1n) is 8.47. The molecule has 2 heterocycles. The zero-order valence-electron chi connectivity index (χ0n) is 15.6. The summed E-state index contributed by atoms with van der Waals surface area (Å²) in [6.45, 7) is 15.0. The van der Waals surface area contributed by atoms with Gasteiger partial charge in [0.05, 0.1) is 6.54 Å². The minimum absolute atomic E-state index is 0.0439. The van der Waals surface area contributed by atoms with E-state index in [0.29, 0.717) is 25.2 Å². The predicted octanol–water partition coefficient (Wildman–Crippen LogP) is 3.19. The van der Waals surface area contributed by atoms with Crippen LogP contribution < -0.4 is 4.90 Å². The van der Waals surface area contributed by atoms with Gasteiger partial charge in [0.2, 0.25) is 0 Å². The Balaban J connectivity index is 2.29. The van der Waals surface area contributed by atoms with E-state index in [0.717, 1.165) is 18.1 Å². The summed E-state index contributed by atoms with van der Waals surface area (Å²) in [6.07, 6.45) is 0. The highest BCUT2D eigenvalue weighted by Gasteiger charge is 2.31. The molecule has 2 amide bonds. The van der Waals surface area contributed by atoms with E-state index in [1.165, 1.54) is 11.1 Å². The van der Waals surface area contributed by atoms with Crippen LogP contribution in [0.5, 0.6) is 0 Å². The van der Waals surface area contributed by atoms with E-state index in [4.69, 9.17) is 0 Å². The Morgan fingerprint density at radius 1 is 1.22 bits per heavy atom. The molecule has 2 rings (SSSR count). The number of carbonyl (C=O) groups is 1. The summed E-state index contributed by atoms with van der Waals surface area (Å²) in [5.74, 6) is 0.845. The fraction of sp³-hybridized carbons (Fsp3) is 0.667. The molecule has 23 heavy (non-hydrogen) atoms. The van der Waals surface area contributed by atoms with Crippen LogP contribution in [0, 0.1) is 13.8 Å². The van der Waals surface area contributed by atoms with E-state index in [9.17, 15) is 4.79 Å². The molecule has 1 aromatic heterocycles. The molecule has 0 bridgehead atoms. The van der Waals surface area contributed by atoms with Crippen molar-refractivity contribution in [1.82, 2.24) is 14.8 Å². The van der Waals surface area contributed by atoms with Crippen LogP contribution in [0.1, 0.15) is 44.5 Å². The highest BCUT2D eigenvalue weighted by atomic mass is 16.2. The van der Waals surface area contributed by atoms with Gasteiger partial charge in [-0.2, -0.15) is 0 Å². The predicted molar refractivity (Wildman–Crippen MR) is 94.9 cm³/mol. The molecule has 0 unspecified atom stereocenters. The number of aryl methyl sites for hydroxylation is 2. The van der Waals surface area contributed by atoms with Gasteiger partial charge in [0.25, 0.3) is 0 Å². The molecule has 5 nitrogen and oxygen atoms in total. The Labute approximate surface area is 140 Å². The first kappa shape index (κ1) is 17.7. The van der Waals surface area contributed by atoms with Gasteiger partial charge >= 0.3 is 6.03 Å². The molecule has 1 aromatic rings. The summed E-state index contributed by atoms with van der Waals surface area (Å²) < 4.78 is 0. The van der Waals surface area contributed by atoms with E-state index < -0.39 is 0 Å². The first-order valence-corrected chi connectivity index (χ1v) is 8.47. The summed E-state index contributed by atoms with van der Waals surface area (Å²) in [6, 6.07) is 3.05. The zero-order chi connectivity index (χ0) is 17.3. The number of anilines is 1. The molecule has 0 fully saturated rings. The van der Waals surface area contributed by atoms with E-state index >= 15 is 0 Å². The normalized spacial score (nSPS) is 15.1. The fourth-order valence-electron chi connectivity index (χ4n) is 3.39. The summed E-state index contributed by atoms with van der Waals surface area (Å²) in [7, 11) is 1.86. The average Bonchev–Trinajstić information content (AvgIpc) is 2.43. The summed E-state index contributed by atoms with van der Waals surface area (Å²) in [4.78, 5) is 23.4. The Morgan fingerprint density at radius 3 is 2.39 bits per heavy atom. The lowest BCUT2D eigenvalue weighted by Gasteiger charge is -2.38. The smallest absolute Gasteiger partial charge is 0.323 e. The maximum atomic E-state index is 12.7. The highest BCUT2D eigenvalue weighted by molar-refractivity contribution is 5.93. The lowest BCUT2D eigenvalue weighted by Crippen LogP contribution is -2.50. The van der Waals surface area contributed by atoms with Crippen LogP contribution in [0.15, 0.2) is 6.07 Å². The van der Waals surface area contributed by atoms with Crippen molar-refractivity contribution in [2.75, 3.05) is 25.0 Å². The van der Waals surface area contributed by atoms with Crippen molar-refractivity contribution < 1.29 is 4.79 Å². The van der Waals surface area contributed by atoms with Gasteiger partial charge in [-0.3, -0.25) is 9.80 Å². The van der Waals surface area contributed by atoms with Crippen molar-refractivity contribution in [2.24, 2.45) is 0 Å². The standard InChI is InChI=1S/C18H30N4O/c1-12(2)21(13(3)4)8-9-22-17-16(11-20(7)18(22)23)14(5)10-15(6)19-17/h10,12-13H,8-9,11H2,1-7H3. The van der Waals surface area contributed by atoms with Gasteiger partial charge in [-0.05, 0) is 53.2 Å². The third-order valence-electron chi connectivity index (χ3n) is 4.57. The van der Waals surface area contributed by atoms with Crippen molar-refractivity contribution in [2.45, 2.75) is 60.2 Å². The summed E-state index contributed by atoms with van der Waals surface area (Å²) in [5, 5.41) is 0. The van der Waals surface area contributed by atoms with Crippen LogP contribution in [0.4, 0.5) is 10.6 Å². The lowest BCUT2D eigenvalue weighted by molar-refractivity contribution is 0.174. The number of carbonyl (C=O) groups excluding carboxylic acids is 1. The van der Waals surface area contributed by atoms with Crippen LogP contribution >= 0.6 is 0 Å². The zero-order valence-corrected chi connectivity index (χ0v) is 15.6. The molecule has 0 aromatic carbocycles. The van der Waals surface area contributed by atoms with Crippen LogP contribution in [-0.4, -0.2) is 53.0 Å². The van der Waals surface area contributed by atoms with Gasteiger partial charge in [0.15, 0.2) is 0 Å². The molecule has 1 aliphatic rings. The summed E-state index contributed by atoms with van der Waals surface area (Å²) in [5.41, 5.74) is 3.34. The van der Waals surface area contributed by atoms with Crippen LogP contribution in [0.3, 0.4) is 0 Å². The number of fused-ring (bicyclic) bond motifs is 1. The van der Waals surface area contributed by atoms with Gasteiger partial charge in [-0.25, -0.2) is 9.78 Å². The minimum Gasteiger partial charge on any atom is -0.323 e. The number of pyridine rings is 1. The second kappa shape index (κ2) is 6.87. The fourth-order valence-corrected chi connectivity index (χ4v) is 3.39. The molecule has 0 aliphatic carbocycles. The van der Waals surface area contributed by atoms with Crippen molar-refractivity contribution in [3.05, 3.63) is 22.9 Å². The van der Waals surface area contributed by atoms with Gasteiger partial charge < -0.3 is 4.90 Å². The topological polar surface area (TPSA) is 39.7 Å². The van der Waals surface area contributed by atoms with Gasteiger partial charge in [0, 0.05) is 43.5 Å². The van der Waals surface area contributed by atoms with Crippen molar-refractivity contribution >= 4 is 11.8 Å². The molecule has 1 aliphatic heterocycles. The molecule has 0 saturated carbocycles. The molecule has 0 spiro atoms. The SMILES string of the molecule is Cc1cc(C)c2c(n1)N(CCN(C(C)C)C(C)C)C(=O)N(C)C2. The van der Waals surface area contributed by atoms with Crippen molar-refractivity contribution in [3.8, 4) is 0 Å². The molecule has 5 heteroatoms. The van der Waals surface area contributed by atoms with E-state index in [-0.39, 0.29) is 6.03 Å². The molecule has 0 atom stereocenters. The minimum atomic E-state index is 0.0439. The number of nitrogens with zero attached hydrogens (tertiary/aromatic N) is 4. The molecule has 0 saturated heterocycles. The van der Waals surface area contributed by atoms with Gasteiger partial charge in [0.1, 0.15) is 5.82 Å². The van der Waals surface area contributed by atoms with Gasteiger partial charge in [-0.15, -0.1) is 0 Å². The highest BCUT2D eigenvalue weighted by Crippen LogP contribution is 2.29. The molecule has 0 N–H and O–H groups in total. The Bertz CT molecular complexity index is 575. The quantitative estimate of drug-likeness (QED) is 0.837. The monoisotopic (exact) mass is 318 g/mol. The summed E-state index contributed by atoms with van der Waals surface area (Å²) >= 11 is 0. The van der Waals surface area contributed by atoms with Crippen LogP contribution in [0.2, 0.25) is 0 Å². The van der Waals surface area contributed by atoms with Crippen LogP contribution in [-0.2, 0) is 6.54 Å². The van der Waals surface area contributed by atoms with E-state index in [1.54, 1.807) is 4.90 Å². The number of hydrogen-bond donors (Lipinski definition) is 0. The molecular formula is C18H30N4O. The van der Waals surface area contributed by atoms with E-state index in [1.807, 2.05) is 18.9 Å². The largest absolute Gasteiger partial charge is 0.325 e. The second-order valence-electron chi connectivity index (χ2n) is 7.10. The average molecular weight is 318 g/mol.